The van der Waals surface area contributed by atoms with Crippen LogP contribution in [0.4, 0.5) is 0 Å². The maximum Gasteiger partial charge on any atom is 0.226 e. The highest BCUT2D eigenvalue weighted by atomic mass is 16.2. The van der Waals surface area contributed by atoms with Crippen molar-refractivity contribution in [3.8, 4) is 0 Å². The zero-order chi connectivity index (χ0) is 28.1. The van der Waals surface area contributed by atoms with E-state index in [1.165, 1.54) is 0 Å². The third-order valence-electron chi connectivity index (χ3n) is 12.4. The van der Waals surface area contributed by atoms with E-state index in [1.807, 2.05) is 32.9 Å². The van der Waals surface area contributed by atoms with E-state index in [0.717, 1.165) is 37.7 Å². The summed E-state index contributed by atoms with van der Waals surface area (Å²) in [4.78, 5) is 44.9. The minimum absolute atomic E-state index is 0.0319. The number of fused-ring (bicyclic) bond motifs is 7. The lowest BCUT2D eigenvalue weighted by molar-refractivity contribution is -0.170. The predicted octanol–water partition coefficient (Wildman–Crippen LogP) is 6.55. The molecule has 1 N–H and O–H groups in total. The van der Waals surface area contributed by atoms with Crippen molar-refractivity contribution in [2.75, 3.05) is 6.54 Å². The van der Waals surface area contributed by atoms with Gasteiger partial charge in [0.15, 0.2) is 11.6 Å². The van der Waals surface area contributed by atoms with E-state index in [0.29, 0.717) is 13.0 Å². The molecule has 0 aromatic rings. The molecule has 8 atom stereocenters. The molecule has 5 rings (SSSR count). The molecule has 3 saturated carbocycles. The monoisotopic (exact) mass is 518 g/mol. The molecule has 1 amide bonds. The van der Waals surface area contributed by atoms with Gasteiger partial charge in [-0.05, 0) is 85.5 Å². The highest BCUT2D eigenvalue weighted by Gasteiger charge is 2.69. The first kappa shape index (κ1) is 27.4. The molecule has 0 bridgehead atoms. The number of amides is 1. The van der Waals surface area contributed by atoms with Crippen molar-refractivity contribution in [1.82, 2.24) is 5.32 Å². The molecule has 38 heavy (non-hydrogen) atoms. The molecule has 0 aromatic carbocycles. The number of hydrogen-bond acceptors (Lipinski definition) is 3. The zero-order valence-electron chi connectivity index (χ0n) is 24.7. The summed E-state index contributed by atoms with van der Waals surface area (Å²) in [6.45, 7) is 25.7. The van der Waals surface area contributed by atoms with Gasteiger partial charge in [0.1, 0.15) is 0 Å². The summed E-state index contributed by atoms with van der Waals surface area (Å²) < 4.78 is 0. The molecule has 5 aliphatic carbocycles. The van der Waals surface area contributed by atoms with Crippen LogP contribution in [0.3, 0.4) is 0 Å². The van der Waals surface area contributed by atoms with E-state index >= 15 is 0 Å². The Hall–Kier alpha value is -2.22. The largest absolute Gasteiger partial charge is 0.356 e. The van der Waals surface area contributed by atoms with E-state index < -0.39 is 10.8 Å². The Kier molecular flexibility index (Phi) is 6.04. The number of carbonyl (C=O) groups is 3. The first-order chi connectivity index (χ1) is 17.6. The number of nitrogens with one attached hydrogen (secondary N) is 1. The summed E-state index contributed by atoms with van der Waals surface area (Å²) in [6.07, 6.45) is 9.39. The quantitative estimate of drug-likeness (QED) is 0.422. The molecule has 5 nitrogen and oxygen atoms in total. The second-order valence-electron chi connectivity index (χ2n) is 15.2. The molecule has 5 heteroatoms. The number of hydrogen-bond donors (Lipinski definition) is 1. The smallest absolute Gasteiger partial charge is 0.226 e. The van der Waals surface area contributed by atoms with E-state index in [4.69, 9.17) is 6.57 Å². The number of nitrogens with zero attached hydrogens (tertiary/aromatic N) is 1. The van der Waals surface area contributed by atoms with Crippen LogP contribution in [0.25, 0.3) is 4.85 Å². The molecule has 0 saturated heterocycles. The summed E-state index contributed by atoms with van der Waals surface area (Å²) in [5.74, 6) is 0.541. The SMILES string of the molecule is [C-]#[N+]C1=C[C@]2(C)C3=CC(=O)C4C5CC(C)(C)CCC5[C@@H](C(=O)NCC)C[C@@]4(C)[C@]3(C)CC[C@H]2C(C)(C)C1=O. The lowest BCUT2D eigenvalue weighted by atomic mass is 9.35. The lowest BCUT2D eigenvalue weighted by Crippen LogP contribution is -2.65. The normalized spacial score (nSPS) is 44.8. The predicted molar refractivity (Wildman–Crippen MR) is 149 cm³/mol. The van der Waals surface area contributed by atoms with E-state index in [2.05, 4.69) is 44.8 Å². The highest BCUT2D eigenvalue weighted by Crippen LogP contribution is 2.73. The Morgan fingerprint density at radius 1 is 1.03 bits per heavy atom. The van der Waals surface area contributed by atoms with Crippen molar-refractivity contribution in [1.29, 1.82) is 0 Å². The van der Waals surface area contributed by atoms with Crippen molar-refractivity contribution in [3.05, 3.63) is 34.8 Å². The minimum Gasteiger partial charge on any atom is -0.356 e. The van der Waals surface area contributed by atoms with Crippen molar-refractivity contribution >= 4 is 17.5 Å². The van der Waals surface area contributed by atoms with Gasteiger partial charge in [-0.25, -0.2) is 4.85 Å². The Morgan fingerprint density at radius 3 is 2.34 bits per heavy atom. The molecule has 206 valence electrons. The Bertz CT molecular complexity index is 1200. The Labute approximate surface area is 229 Å². The van der Waals surface area contributed by atoms with Crippen LogP contribution in [0, 0.1) is 63.2 Å². The van der Waals surface area contributed by atoms with E-state index in [-0.39, 0.29) is 69.0 Å². The molecule has 0 radical (unpaired) electrons. The topological polar surface area (TPSA) is 67.6 Å². The highest BCUT2D eigenvalue weighted by molar-refractivity contribution is 6.03. The van der Waals surface area contributed by atoms with E-state index in [9.17, 15) is 14.4 Å². The lowest BCUT2D eigenvalue weighted by Gasteiger charge is -2.68. The Balaban J connectivity index is 1.70. The number of carbonyl (C=O) groups excluding carboxylic acids is 3. The molecular weight excluding hydrogens is 472 g/mol. The van der Waals surface area contributed by atoms with Gasteiger partial charge in [-0.15, -0.1) is 0 Å². The second kappa shape index (κ2) is 8.39. The summed E-state index contributed by atoms with van der Waals surface area (Å²) in [5.41, 5.74) is -0.426. The Morgan fingerprint density at radius 2 is 1.71 bits per heavy atom. The van der Waals surface area contributed by atoms with Crippen LogP contribution in [-0.4, -0.2) is 24.0 Å². The van der Waals surface area contributed by atoms with Crippen molar-refractivity contribution in [3.63, 3.8) is 0 Å². The van der Waals surface area contributed by atoms with Crippen molar-refractivity contribution in [2.45, 2.75) is 93.9 Å². The van der Waals surface area contributed by atoms with Gasteiger partial charge in [-0.3, -0.25) is 9.59 Å². The van der Waals surface area contributed by atoms with Gasteiger partial charge >= 0.3 is 0 Å². The molecule has 3 unspecified atom stereocenters. The first-order valence-corrected chi connectivity index (χ1v) is 14.8. The van der Waals surface area contributed by atoms with Crippen molar-refractivity contribution in [2.24, 2.45) is 56.7 Å². The third-order valence-corrected chi connectivity index (χ3v) is 12.4. The molecular formula is C33H46N2O3. The van der Waals surface area contributed by atoms with Crippen molar-refractivity contribution < 1.29 is 14.4 Å². The number of allylic oxidation sites excluding steroid dienone is 4. The fourth-order valence-corrected chi connectivity index (χ4v) is 10.4. The van der Waals surface area contributed by atoms with Gasteiger partial charge in [-0.1, -0.05) is 60.1 Å². The first-order valence-electron chi connectivity index (χ1n) is 14.8. The summed E-state index contributed by atoms with van der Waals surface area (Å²) in [7, 11) is 0. The molecule has 0 heterocycles. The van der Waals surface area contributed by atoms with Gasteiger partial charge in [-0.2, -0.15) is 0 Å². The molecule has 0 aromatic heterocycles. The van der Waals surface area contributed by atoms with Crippen LogP contribution < -0.4 is 5.32 Å². The van der Waals surface area contributed by atoms with Gasteiger partial charge in [0, 0.05) is 29.2 Å². The maximum atomic E-state index is 14.4. The van der Waals surface area contributed by atoms with Crippen LogP contribution in [0.2, 0.25) is 0 Å². The average Bonchev–Trinajstić information content (AvgIpc) is 2.82. The van der Waals surface area contributed by atoms with Gasteiger partial charge in [0.05, 0.1) is 6.57 Å². The van der Waals surface area contributed by atoms with Crippen LogP contribution in [0.5, 0.6) is 0 Å². The number of ketones is 2. The van der Waals surface area contributed by atoms with Crippen LogP contribution >= 0.6 is 0 Å². The standard InChI is InChI=1S/C33H46N2O3/c1-10-35-28(38)21-17-33(8)26(20-16-29(2,3)13-11-19(20)21)23(36)15-25-31(6)18-22(34-9)27(37)30(4,5)24(31)12-14-32(25,33)7/h15,18-21,24,26H,10-14,16-17H2,1-8H3,(H,35,38)/t19?,20?,21-,24-,26?,31-,32+,33+/m0/s1. The van der Waals surface area contributed by atoms with Crippen LogP contribution in [0.15, 0.2) is 23.4 Å². The molecule has 0 aliphatic heterocycles. The number of rotatable bonds is 2. The fraction of sp³-hybridized carbons (Fsp3) is 0.758. The van der Waals surface area contributed by atoms with Gasteiger partial charge in [0.25, 0.3) is 0 Å². The summed E-state index contributed by atoms with van der Waals surface area (Å²) in [6, 6.07) is 0. The summed E-state index contributed by atoms with van der Waals surface area (Å²) in [5, 5.41) is 3.14. The van der Waals surface area contributed by atoms with Gasteiger partial charge in [0.2, 0.25) is 11.6 Å². The fourth-order valence-electron chi connectivity index (χ4n) is 10.4. The van der Waals surface area contributed by atoms with Crippen LogP contribution in [0.1, 0.15) is 93.9 Å². The molecule has 5 aliphatic rings. The van der Waals surface area contributed by atoms with Gasteiger partial charge < -0.3 is 10.1 Å². The second-order valence-corrected chi connectivity index (χ2v) is 15.2. The third kappa shape index (κ3) is 3.44. The molecule has 0 spiro atoms. The zero-order valence-corrected chi connectivity index (χ0v) is 24.7. The average molecular weight is 519 g/mol. The summed E-state index contributed by atoms with van der Waals surface area (Å²) >= 11 is 0. The molecule has 3 fully saturated rings. The minimum atomic E-state index is -0.666. The maximum absolute atomic E-state index is 14.4. The number of Topliss-reactive ketones (excluding diaryl/α,β-unsaturated/α-hetero) is 1. The van der Waals surface area contributed by atoms with E-state index in [1.54, 1.807) is 0 Å². The van der Waals surface area contributed by atoms with Crippen LogP contribution in [-0.2, 0) is 14.4 Å².